The topological polar surface area (TPSA) is 88.3 Å². The highest BCUT2D eigenvalue weighted by atomic mass is 35.5. The van der Waals surface area contributed by atoms with Crippen LogP contribution in [0.25, 0.3) is 0 Å². The van der Waals surface area contributed by atoms with E-state index in [1.165, 1.54) is 11.3 Å². The van der Waals surface area contributed by atoms with E-state index in [-0.39, 0.29) is 18.2 Å². The molecule has 29 heavy (non-hydrogen) atoms. The average molecular weight is 449 g/mol. The van der Waals surface area contributed by atoms with Gasteiger partial charge >= 0.3 is 0 Å². The number of amides is 2. The number of anilines is 1. The number of thioether (sulfide) groups is 1. The normalized spacial score (nSPS) is 16.4. The predicted octanol–water partition coefficient (Wildman–Crippen LogP) is 4.06. The molecule has 1 fully saturated rings. The Morgan fingerprint density at radius 1 is 1.31 bits per heavy atom. The van der Waals surface area contributed by atoms with Crippen LogP contribution < -0.4 is 5.32 Å². The third kappa shape index (κ3) is 5.17. The second-order valence-corrected chi connectivity index (χ2v) is 9.17. The molecule has 1 saturated heterocycles. The number of furan rings is 1. The summed E-state index contributed by atoms with van der Waals surface area (Å²) in [6, 6.07) is 11.2. The first kappa shape index (κ1) is 19.9. The average Bonchev–Trinajstić information content (AvgIpc) is 3.45. The van der Waals surface area contributed by atoms with E-state index in [9.17, 15) is 9.59 Å². The minimum absolute atomic E-state index is 0.0574. The summed E-state index contributed by atoms with van der Waals surface area (Å²) in [6.07, 6.45) is 1.75. The Morgan fingerprint density at radius 3 is 2.90 bits per heavy atom. The Morgan fingerprint density at radius 2 is 2.14 bits per heavy atom. The van der Waals surface area contributed by atoms with Crippen molar-refractivity contribution in [2.24, 2.45) is 5.92 Å². The molecule has 1 aliphatic heterocycles. The molecule has 4 rings (SSSR count). The van der Waals surface area contributed by atoms with Crippen molar-refractivity contribution < 1.29 is 14.0 Å². The third-order valence-corrected chi connectivity index (χ3v) is 6.72. The van der Waals surface area contributed by atoms with Gasteiger partial charge < -0.3 is 14.6 Å². The fraction of sp³-hybridized carbons (Fsp3) is 0.263. The Hall–Kier alpha value is -2.36. The number of rotatable bonds is 7. The van der Waals surface area contributed by atoms with E-state index in [2.05, 4.69) is 15.5 Å². The zero-order valence-corrected chi connectivity index (χ0v) is 17.6. The van der Waals surface area contributed by atoms with Gasteiger partial charge in [-0.1, -0.05) is 46.8 Å². The van der Waals surface area contributed by atoms with Gasteiger partial charge in [-0.2, -0.15) is 0 Å². The summed E-state index contributed by atoms with van der Waals surface area (Å²) >= 11 is 8.75. The smallest absolute Gasteiger partial charge is 0.231 e. The molecule has 0 unspecified atom stereocenters. The van der Waals surface area contributed by atoms with Gasteiger partial charge in [-0.3, -0.25) is 9.59 Å². The minimum Gasteiger partial charge on any atom is -0.467 e. The summed E-state index contributed by atoms with van der Waals surface area (Å²) in [5, 5.41) is 12.1. The first-order valence-electron chi connectivity index (χ1n) is 8.88. The molecule has 0 bridgehead atoms. The maximum atomic E-state index is 12.5. The molecule has 1 atom stereocenters. The number of likely N-dealkylation sites (tertiary alicyclic amines) is 1. The summed E-state index contributed by atoms with van der Waals surface area (Å²) in [5.41, 5.74) is 1.13. The summed E-state index contributed by atoms with van der Waals surface area (Å²) in [4.78, 5) is 26.4. The van der Waals surface area contributed by atoms with Crippen LogP contribution in [-0.2, 0) is 21.9 Å². The van der Waals surface area contributed by atoms with Crippen LogP contribution >= 0.6 is 34.7 Å². The summed E-state index contributed by atoms with van der Waals surface area (Å²) in [6.45, 7) is 0.738. The maximum absolute atomic E-state index is 12.5. The van der Waals surface area contributed by atoms with Gasteiger partial charge in [0.15, 0.2) is 4.34 Å². The van der Waals surface area contributed by atoms with Crippen LogP contribution in [0.2, 0.25) is 5.02 Å². The molecular weight excluding hydrogens is 432 g/mol. The van der Waals surface area contributed by atoms with Crippen molar-refractivity contribution in [3.05, 3.63) is 59.0 Å². The van der Waals surface area contributed by atoms with E-state index in [1.807, 2.05) is 30.3 Å². The zero-order chi connectivity index (χ0) is 20.2. The van der Waals surface area contributed by atoms with E-state index < -0.39 is 5.92 Å². The highest BCUT2D eigenvalue weighted by molar-refractivity contribution is 8.00. The van der Waals surface area contributed by atoms with Gasteiger partial charge in [0.1, 0.15) is 5.76 Å². The molecule has 0 spiro atoms. The molecule has 1 N–H and O–H groups in total. The number of nitrogens with one attached hydrogen (secondary N) is 1. The number of hydrogen-bond acceptors (Lipinski definition) is 7. The Balaban J connectivity index is 1.28. The largest absolute Gasteiger partial charge is 0.467 e. The molecular formula is C19H17ClN4O3S2. The van der Waals surface area contributed by atoms with Crippen LogP contribution in [0.15, 0.2) is 51.4 Å². The number of carbonyl (C=O) groups is 2. The van der Waals surface area contributed by atoms with Crippen LogP contribution in [-0.4, -0.2) is 33.5 Å². The number of halogens is 1. The van der Waals surface area contributed by atoms with Gasteiger partial charge in [-0.15, -0.1) is 10.2 Å². The van der Waals surface area contributed by atoms with Crippen LogP contribution in [0, 0.1) is 5.92 Å². The predicted molar refractivity (Wildman–Crippen MR) is 112 cm³/mol. The second-order valence-electron chi connectivity index (χ2n) is 6.53. The monoisotopic (exact) mass is 448 g/mol. The lowest BCUT2D eigenvalue weighted by Gasteiger charge is -2.14. The lowest BCUT2D eigenvalue weighted by Crippen LogP contribution is -2.27. The van der Waals surface area contributed by atoms with Gasteiger partial charge in [0, 0.05) is 23.7 Å². The summed E-state index contributed by atoms with van der Waals surface area (Å²) in [7, 11) is 0. The number of benzene rings is 1. The number of carbonyl (C=O) groups excluding carboxylic acids is 2. The van der Waals surface area contributed by atoms with Crippen LogP contribution in [0.3, 0.4) is 0 Å². The van der Waals surface area contributed by atoms with E-state index in [0.717, 1.165) is 15.7 Å². The molecule has 0 aliphatic carbocycles. The molecule has 2 amide bonds. The maximum Gasteiger partial charge on any atom is 0.231 e. The van der Waals surface area contributed by atoms with Gasteiger partial charge in [-0.25, -0.2) is 0 Å². The molecule has 0 radical (unpaired) electrons. The Kier molecular flexibility index (Phi) is 6.17. The highest BCUT2D eigenvalue weighted by Crippen LogP contribution is 2.29. The van der Waals surface area contributed by atoms with Gasteiger partial charge in [0.05, 0.1) is 18.7 Å². The van der Waals surface area contributed by atoms with Crippen molar-refractivity contribution in [2.45, 2.75) is 23.1 Å². The highest BCUT2D eigenvalue weighted by Gasteiger charge is 2.35. The number of aromatic nitrogens is 2. The van der Waals surface area contributed by atoms with Gasteiger partial charge in [0.25, 0.3) is 0 Å². The lowest BCUT2D eigenvalue weighted by atomic mass is 10.1. The van der Waals surface area contributed by atoms with Crippen LogP contribution in [0.4, 0.5) is 5.13 Å². The lowest BCUT2D eigenvalue weighted by molar-refractivity contribution is -0.128. The molecule has 3 aromatic rings. The second kappa shape index (κ2) is 8.98. The van der Waals surface area contributed by atoms with Crippen LogP contribution in [0.5, 0.6) is 0 Å². The SMILES string of the molecule is O=C(Nc1nnc(SCc2ccc(Cl)cc2)s1)[C@H]1CC(=O)N(Cc2ccco2)C1. The molecule has 10 heteroatoms. The van der Waals surface area contributed by atoms with E-state index in [1.54, 1.807) is 29.0 Å². The van der Waals surface area contributed by atoms with Crippen molar-refractivity contribution in [3.63, 3.8) is 0 Å². The van der Waals surface area contributed by atoms with E-state index in [4.69, 9.17) is 16.0 Å². The third-order valence-electron chi connectivity index (χ3n) is 4.42. The fourth-order valence-corrected chi connectivity index (χ4v) is 4.78. The summed E-state index contributed by atoms with van der Waals surface area (Å²) in [5.74, 6) is 0.750. The molecule has 7 nitrogen and oxygen atoms in total. The number of hydrogen-bond donors (Lipinski definition) is 1. The molecule has 150 valence electrons. The molecule has 1 aliphatic rings. The van der Waals surface area contributed by atoms with Crippen LogP contribution in [0.1, 0.15) is 17.7 Å². The fourth-order valence-electron chi connectivity index (χ4n) is 2.94. The number of nitrogens with zero attached hydrogens (tertiary/aromatic N) is 3. The van der Waals surface area contributed by atoms with Gasteiger partial charge in [-0.05, 0) is 29.8 Å². The van der Waals surface area contributed by atoms with Crippen molar-refractivity contribution in [2.75, 3.05) is 11.9 Å². The molecule has 2 aromatic heterocycles. The first-order valence-corrected chi connectivity index (χ1v) is 11.1. The first-order chi connectivity index (χ1) is 14.1. The Labute approximate surface area is 180 Å². The van der Waals surface area contributed by atoms with Gasteiger partial charge in [0.2, 0.25) is 16.9 Å². The zero-order valence-electron chi connectivity index (χ0n) is 15.2. The van der Waals surface area contributed by atoms with E-state index >= 15 is 0 Å². The quantitative estimate of drug-likeness (QED) is 0.433. The molecule has 3 heterocycles. The van der Waals surface area contributed by atoms with Crippen molar-refractivity contribution in [3.8, 4) is 0 Å². The molecule has 0 saturated carbocycles. The van der Waals surface area contributed by atoms with E-state index in [0.29, 0.717) is 29.0 Å². The summed E-state index contributed by atoms with van der Waals surface area (Å²) < 4.78 is 6.04. The molecule has 1 aromatic carbocycles. The van der Waals surface area contributed by atoms with Crippen molar-refractivity contribution in [1.29, 1.82) is 0 Å². The Bertz CT molecular complexity index is 991. The van der Waals surface area contributed by atoms with Crippen molar-refractivity contribution >= 4 is 51.6 Å². The standard InChI is InChI=1S/C19H17ClN4O3S2/c20-14-5-3-12(4-6-14)11-28-19-23-22-18(29-19)21-17(26)13-8-16(25)24(9-13)10-15-2-1-7-27-15/h1-7,13H,8-11H2,(H,21,22,26)/t13-/m0/s1. The minimum atomic E-state index is -0.411. The van der Waals surface area contributed by atoms with Crippen molar-refractivity contribution in [1.82, 2.24) is 15.1 Å².